The lowest BCUT2D eigenvalue weighted by Crippen LogP contribution is -2.40. The molecule has 1 aromatic heterocycles. The van der Waals surface area contributed by atoms with Crippen molar-refractivity contribution in [3.63, 3.8) is 0 Å². The Morgan fingerprint density at radius 2 is 1.76 bits per heavy atom. The minimum atomic E-state index is -3.94. The predicted molar refractivity (Wildman–Crippen MR) is 131 cm³/mol. The second-order valence-electron chi connectivity index (χ2n) is 7.22. The average molecular weight is 525 g/mol. The van der Waals surface area contributed by atoms with Gasteiger partial charge in [-0.1, -0.05) is 52.3 Å². The van der Waals surface area contributed by atoms with Crippen LogP contribution in [0.2, 0.25) is 0 Å². The van der Waals surface area contributed by atoms with Gasteiger partial charge < -0.3 is 9.88 Å². The van der Waals surface area contributed by atoms with Crippen molar-refractivity contribution >= 4 is 37.5 Å². The number of anilines is 1. The summed E-state index contributed by atoms with van der Waals surface area (Å²) >= 11 is 3.37. The Hall–Kier alpha value is -3.43. The van der Waals surface area contributed by atoms with Crippen LogP contribution in [0.4, 0.5) is 5.69 Å². The van der Waals surface area contributed by atoms with E-state index in [9.17, 15) is 13.2 Å². The maximum atomic E-state index is 13.3. The number of hydrogen-bond acceptors (Lipinski definition) is 4. The third-order valence-electron chi connectivity index (χ3n) is 4.94. The van der Waals surface area contributed by atoms with Crippen molar-refractivity contribution in [2.75, 3.05) is 10.8 Å². The van der Waals surface area contributed by atoms with E-state index in [2.05, 4.69) is 26.2 Å². The highest BCUT2D eigenvalue weighted by molar-refractivity contribution is 9.10. The molecule has 0 radical (unpaired) electrons. The molecule has 3 aromatic carbocycles. The van der Waals surface area contributed by atoms with Gasteiger partial charge in [-0.15, -0.1) is 0 Å². The SMILES string of the molecule is O=C(CN(c1cccc(Br)c1)S(=O)(=O)c1ccccc1)NCc1ccc(-n2ccnc2)cc1. The maximum Gasteiger partial charge on any atom is 0.264 e. The van der Waals surface area contributed by atoms with Crippen LogP contribution in [0.3, 0.4) is 0 Å². The van der Waals surface area contributed by atoms with Gasteiger partial charge in [0.15, 0.2) is 0 Å². The Morgan fingerprint density at radius 1 is 1.00 bits per heavy atom. The standard InChI is InChI=1S/C24H21BrN4O3S/c25-20-5-4-6-22(15-20)29(33(31,32)23-7-2-1-3-8-23)17-24(30)27-16-19-9-11-21(12-10-19)28-14-13-26-18-28/h1-15,18H,16-17H2,(H,27,30). The number of benzene rings is 3. The summed E-state index contributed by atoms with van der Waals surface area (Å²) in [6.07, 6.45) is 5.26. The summed E-state index contributed by atoms with van der Waals surface area (Å²) in [5, 5.41) is 2.82. The van der Waals surface area contributed by atoms with Crippen molar-refractivity contribution in [1.29, 1.82) is 0 Å². The van der Waals surface area contributed by atoms with Crippen LogP contribution in [-0.4, -0.2) is 30.4 Å². The van der Waals surface area contributed by atoms with Gasteiger partial charge in [-0.2, -0.15) is 0 Å². The van der Waals surface area contributed by atoms with Gasteiger partial charge in [0.1, 0.15) is 6.54 Å². The molecular weight excluding hydrogens is 504 g/mol. The molecule has 0 unspecified atom stereocenters. The largest absolute Gasteiger partial charge is 0.350 e. The number of halogens is 1. The summed E-state index contributed by atoms with van der Waals surface area (Å²) < 4.78 is 30.4. The fourth-order valence-corrected chi connectivity index (χ4v) is 5.07. The molecule has 7 nitrogen and oxygen atoms in total. The van der Waals surface area contributed by atoms with Gasteiger partial charge >= 0.3 is 0 Å². The van der Waals surface area contributed by atoms with Crippen LogP contribution in [0.1, 0.15) is 5.56 Å². The molecule has 9 heteroatoms. The van der Waals surface area contributed by atoms with Crippen molar-refractivity contribution in [2.24, 2.45) is 0 Å². The molecule has 0 aliphatic heterocycles. The molecule has 0 fully saturated rings. The number of hydrogen-bond donors (Lipinski definition) is 1. The third-order valence-corrected chi connectivity index (χ3v) is 7.22. The van der Waals surface area contributed by atoms with Crippen LogP contribution >= 0.6 is 15.9 Å². The first kappa shape index (κ1) is 22.8. The van der Waals surface area contributed by atoms with Gasteiger partial charge in [-0.25, -0.2) is 13.4 Å². The molecule has 33 heavy (non-hydrogen) atoms. The summed E-state index contributed by atoms with van der Waals surface area (Å²) in [6, 6.07) is 22.6. The van der Waals surface area contributed by atoms with Crippen LogP contribution in [0.5, 0.6) is 0 Å². The number of amides is 1. The molecule has 0 saturated heterocycles. The molecule has 0 spiro atoms. The smallest absolute Gasteiger partial charge is 0.264 e. The summed E-state index contributed by atoms with van der Waals surface area (Å²) in [5.74, 6) is -0.409. The Kier molecular flexibility index (Phi) is 6.90. The van der Waals surface area contributed by atoms with Gasteiger partial charge in [0, 0.05) is 29.1 Å². The minimum Gasteiger partial charge on any atom is -0.350 e. The summed E-state index contributed by atoms with van der Waals surface area (Å²) in [5.41, 5.74) is 2.25. The second kappa shape index (κ2) is 10.0. The van der Waals surface area contributed by atoms with Gasteiger partial charge in [-0.3, -0.25) is 9.10 Å². The molecular formula is C24H21BrN4O3S. The number of sulfonamides is 1. The average Bonchev–Trinajstić information content (AvgIpc) is 3.37. The zero-order valence-corrected chi connectivity index (χ0v) is 19.9. The zero-order valence-electron chi connectivity index (χ0n) is 17.5. The summed E-state index contributed by atoms with van der Waals surface area (Å²) in [6.45, 7) is -0.0679. The highest BCUT2D eigenvalue weighted by Crippen LogP contribution is 2.26. The van der Waals surface area contributed by atoms with Crippen molar-refractivity contribution < 1.29 is 13.2 Å². The number of aromatic nitrogens is 2. The number of rotatable bonds is 8. The number of imidazole rings is 1. The lowest BCUT2D eigenvalue weighted by molar-refractivity contribution is -0.119. The molecule has 0 atom stereocenters. The molecule has 4 rings (SSSR count). The predicted octanol–water partition coefficient (Wildman–Crippen LogP) is 4.15. The number of nitrogens with zero attached hydrogens (tertiary/aromatic N) is 3. The molecule has 1 N–H and O–H groups in total. The van der Waals surface area contributed by atoms with Crippen LogP contribution in [0.15, 0.2) is 107 Å². The van der Waals surface area contributed by atoms with Gasteiger partial charge in [0.25, 0.3) is 10.0 Å². The quantitative estimate of drug-likeness (QED) is 0.375. The van der Waals surface area contributed by atoms with Crippen molar-refractivity contribution in [1.82, 2.24) is 14.9 Å². The van der Waals surface area contributed by atoms with E-state index in [4.69, 9.17) is 0 Å². The van der Waals surface area contributed by atoms with E-state index in [0.717, 1.165) is 15.6 Å². The third kappa shape index (κ3) is 5.50. The Balaban J connectivity index is 1.49. The maximum absolute atomic E-state index is 13.3. The van der Waals surface area contributed by atoms with Gasteiger partial charge in [-0.05, 0) is 48.0 Å². The van der Waals surface area contributed by atoms with Crippen molar-refractivity contribution in [2.45, 2.75) is 11.4 Å². The highest BCUT2D eigenvalue weighted by atomic mass is 79.9. The van der Waals surface area contributed by atoms with E-state index in [-0.39, 0.29) is 18.0 Å². The number of carbonyl (C=O) groups excluding carboxylic acids is 1. The molecule has 168 valence electrons. The van der Waals surface area contributed by atoms with Crippen LogP contribution in [0, 0.1) is 0 Å². The normalized spacial score (nSPS) is 11.2. The molecule has 0 bridgehead atoms. The fourth-order valence-electron chi connectivity index (χ4n) is 3.25. The molecule has 0 saturated carbocycles. The molecule has 1 heterocycles. The monoisotopic (exact) mass is 524 g/mol. The number of nitrogens with one attached hydrogen (secondary N) is 1. The Bertz CT molecular complexity index is 1330. The van der Waals surface area contributed by atoms with Gasteiger partial charge in [0.2, 0.25) is 5.91 Å². The first-order chi connectivity index (χ1) is 15.9. The topological polar surface area (TPSA) is 84.3 Å². The molecule has 4 aromatic rings. The van der Waals surface area contributed by atoms with E-state index in [1.54, 1.807) is 55.0 Å². The van der Waals surface area contributed by atoms with E-state index in [1.165, 1.54) is 12.1 Å². The molecule has 1 amide bonds. The van der Waals surface area contributed by atoms with E-state index >= 15 is 0 Å². The van der Waals surface area contributed by atoms with E-state index < -0.39 is 15.9 Å². The van der Waals surface area contributed by atoms with Crippen LogP contribution < -0.4 is 9.62 Å². The first-order valence-corrected chi connectivity index (χ1v) is 12.3. The van der Waals surface area contributed by atoms with Crippen LogP contribution in [0.25, 0.3) is 5.69 Å². The van der Waals surface area contributed by atoms with Gasteiger partial charge in [0.05, 0.1) is 16.9 Å². The highest BCUT2D eigenvalue weighted by Gasteiger charge is 2.27. The first-order valence-electron chi connectivity index (χ1n) is 10.1. The summed E-state index contributed by atoms with van der Waals surface area (Å²) in [4.78, 5) is 16.9. The Morgan fingerprint density at radius 3 is 2.42 bits per heavy atom. The number of carbonyl (C=O) groups is 1. The second-order valence-corrected chi connectivity index (χ2v) is 10.00. The van der Waals surface area contributed by atoms with E-state index in [0.29, 0.717) is 10.2 Å². The van der Waals surface area contributed by atoms with Crippen molar-refractivity contribution in [3.8, 4) is 5.69 Å². The zero-order chi connectivity index (χ0) is 23.3. The minimum absolute atomic E-state index is 0.118. The van der Waals surface area contributed by atoms with Crippen LogP contribution in [-0.2, 0) is 21.4 Å². The lowest BCUT2D eigenvalue weighted by atomic mass is 10.2. The fraction of sp³-hybridized carbons (Fsp3) is 0.0833. The van der Waals surface area contributed by atoms with E-state index in [1.807, 2.05) is 35.0 Å². The summed E-state index contributed by atoms with van der Waals surface area (Å²) in [7, 11) is -3.94. The van der Waals surface area contributed by atoms with Crippen molar-refractivity contribution in [3.05, 3.63) is 108 Å². The Labute approximate surface area is 200 Å². The molecule has 0 aliphatic carbocycles. The lowest BCUT2D eigenvalue weighted by Gasteiger charge is -2.24. The molecule has 0 aliphatic rings.